The van der Waals surface area contributed by atoms with Crippen molar-refractivity contribution in [2.75, 3.05) is 0 Å². The van der Waals surface area contributed by atoms with E-state index >= 15 is 0 Å². The van der Waals surface area contributed by atoms with Gasteiger partial charge in [-0.25, -0.2) is 0 Å². The van der Waals surface area contributed by atoms with Crippen LogP contribution in [-0.2, 0) is 11.3 Å². The Morgan fingerprint density at radius 2 is 1.57 bits per heavy atom. The van der Waals surface area contributed by atoms with Crippen molar-refractivity contribution < 1.29 is 14.7 Å². The Morgan fingerprint density at radius 1 is 0.900 bits per heavy atom. The van der Waals surface area contributed by atoms with Gasteiger partial charge in [0.25, 0.3) is 0 Å². The predicted octanol–water partition coefficient (Wildman–Crippen LogP) is 7.25. The minimum absolute atomic E-state index is 0.146. The number of aliphatic carboxylic acids is 1. The Balaban J connectivity index is 1.92. The summed E-state index contributed by atoms with van der Waals surface area (Å²) in [6.07, 6.45) is 14.4. The van der Waals surface area contributed by atoms with E-state index in [1.54, 1.807) is 0 Å². The van der Waals surface area contributed by atoms with Crippen molar-refractivity contribution in [3.8, 4) is 0 Å². The van der Waals surface area contributed by atoms with Gasteiger partial charge in [-0.2, -0.15) is 0 Å². The molecule has 1 aromatic carbocycles. The molecule has 0 aliphatic heterocycles. The monoisotopic (exact) mass is 413 g/mol. The first-order valence-electron chi connectivity index (χ1n) is 11.9. The number of carbonyl (C=O) groups excluding carboxylic acids is 1. The summed E-state index contributed by atoms with van der Waals surface area (Å²) in [7, 11) is 0. The van der Waals surface area contributed by atoms with Crippen LogP contribution in [0.2, 0.25) is 0 Å². The number of hydrogen-bond donors (Lipinski definition) is 1. The second-order valence-electron chi connectivity index (χ2n) is 8.57. The molecule has 0 aliphatic carbocycles. The van der Waals surface area contributed by atoms with Gasteiger partial charge in [0.15, 0.2) is 5.78 Å². The fourth-order valence-electron chi connectivity index (χ4n) is 4.33. The fraction of sp³-hybridized carbons (Fsp3) is 0.615. The third-order valence-electron chi connectivity index (χ3n) is 6.08. The number of aryl methyl sites for hydroxylation is 1. The van der Waals surface area contributed by atoms with Crippen LogP contribution >= 0.6 is 0 Å². The van der Waals surface area contributed by atoms with Crippen LogP contribution in [0.4, 0.5) is 0 Å². The third-order valence-corrected chi connectivity index (χ3v) is 6.08. The van der Waals surface area contributed by atoms with Gasteiger partial charge in [-0.3, -0.25) is 9.59 Å². The number of carboxylic acids is 1. The molecule has 0 unspecified atom stereocenters. The molecule has 30 heavy (non-hydrogen) atoms. The zero-order valence-corrected chi connectivity index (χ0v) is 18.9. The summed E-state index contributed by atoms with van der Waals surface area (Å²) in [5, 5.41) is 9.88. The molecule has 2 aromatic rings. The van der Waals surface area contributed by atoms with Gasteiger partial charge in [-0.1, -0.05) is 83.4 Å². The smallest absolute Gasteiger partial charge is 0.303 e. The van der Waals surface area contributed by atoms with Crippen LogP contribution in [0.1, 0.15) is 101 Å². The largest absolute Gasteiger partial charge is 0.481 e. The van der Waals surface area contributed by atoms with Crippen molar-refractivity contribution in [2.24, 2.45) is 5.92 Å². The SMILES string of the molecule is CCCCC(CCCC)CCCCC(=O)c1cn(CCCC(=O)O)c2ccccc12. The number of unbranched alkanes of at least 4 members (excludes halogenated alkanes) is 3. The number of carbonyl (C=O) groups is 2. The van der Waals surface area contributed by atoms with Crippen LogP contribution in [0.3, 0.4) is 0 Å². The molecule has 0 spiro atoms. The number of hydrogen-bond acceptors (Lipinski definition) is 2. The first-order chi connectivity index (χ1) is 14.6. The van der Waals surface area contributed by atoms with Crippen molar-refractivity contribution in [3.05, 3.63) is 36.0 Å². The minimum atomic E-state index is -0.779. The summed E-state index contributed by atoms with van der Waals surface area (Å²) < 4.78 is 2.04. The summed E-state index contributed by atoms with van der Waals surface area (Å²) in [6, 6.07) is 7.95. The van der Waals surface area contributed by atoms with Gasteiger partial charge < -0.3 is 9.67 Å². The van der Waals surface area contributed by atoms with E-state index in [0.717, 1.165) is 35.2 Å². The van der Waals surface area contributed by atoms with Gasteiger partial charge in [0, 0.05) is 42.0 Å². The molecule has 0 bridgehead atoms. The van der Waals surface area contributed by atoms with Crippen LogP contribution in [0, 0.1) is 5.92 Å². The maximum absolute atomic E-state index is 12.9. The second kappa shape index (κ2) is 13.3. The molecule has 166 valence electrons. The van der Waals surface area contributed by atoms with E-state index in [9.17, 15) is 9.59 Å². The highest BCUT2D eigenvalue weighted by Gasteiger charge is 2.15. The van der Waals surface area contributed by atoms with Crippen LogP contribution in [0.15, 0.2) is 30.5 Å². The molecule has 1 aromatic heterocycles. The van der Waals surface area contributed by atoms with E-state index < -0.39 is 5.97 Å². The van der Waals surface area contributed by atoms with Crippen molar-refractivity contribution in [3.63, 3.8) is 0 Å². The highest BCUT2D eigenvalue weighted by Crippen LogP contribution is 2.26. The average Bonchev–Trinajstić information content (AvgIpc) is 3.11. The fourth-order valence-corrected chi connectivity index (χ4v) is 4.33. The van der Waals surface area contributed by atoms with Gasteiger partial charge in [0.2, 0.25) is 0 Å². The Bertz CT molecular complexity index is 785. The molecule has 0 saturated carbocycles. The molecule has 0 atom stereocenters. The summed E-state index contributed by atoms with van der Waals surface area (Å²) >= 11 is 0. The van der Waals surface area contributed by atoms with Crippen LogP contribution < -0.4 is 0 Å². The number of benzene rings is 1. The number of carboxylic acid groups (broad SMARTS) is 1. The zero-order valence-electron chi connectivity index (χ0n) is 18.9. The van der Waals surface area contributed by atoms with Crippen LogP contribution in [-0.4, -0.2) is 21.4 Å². The molecule has 0 saturated heterocycles. The van der Waals surface area contributed by atoms with E-state index in [0.29, 0.717) is 19.4 Å². The number of rotatable bonds is 16. The Kier molecular flexibility index (Phi) is 10.7. The summed E-state index contributed by atoms with van der Waals surface area (Å²) in [5.74, 6) is 0.247. The molecule has 0 radical (unpaired) electrons. The normalized spacial score (nSPS) is 11.4. The Labute approximate surface area is 181 Å². The van der Waals surface area contributed by atoms with E-state index in [-0.39, 0.29) is 12.2 Å². The van der Waals surface area contributed by atoms with E-state index in [1.165, 1.54) is 44.9 Å². The van der Waals surface area contributed by atoms with E-state index in [1.807, 2.05) is 35.0 Å². The summed E-state index contributed by atoms with van der Waals surface area (Å²) in [6.45, 7) is 5.14. The standard InChI is InChI=1S/C26H39NO3/c1-3-5-12-21(13-6-4-2)14-7-10-17-25(28)23-20-27(19-11-18-26(29)30)24-16-9-8-15-22(23)24/h8-9,15-16,20-21H,3-7,10-14,17-19H2,1-2H3,(H,29,30). The quantitative estimate of drug-likeness (QED) is 0.233. The molecule has 2 rings (SSSR count). The number of nitrogens with zero attached hydrogens (tertiary/aromatic N) is 1. The van der Waals surface area contributed by atoms with Gasteiger partial charge in [-0.15, -0.1) is 0 Å². The molecular weight excluding hydrogens is 374 g/mol. The van der Waals surface area contributed by atoms with Crippen LogP contribution in [0.5, 0.6) is 0 Å². The first-order valence-corrected chi connectivity index (χ1v) is 11.9. The van der Waals surface area contributed by atoms with E-state index in [2.05, 4.69) is 13.8 Å². The molecule has 0 aliphatic rings. The lowest BCUT2D eigenvalue weighted by Crippen LogP contribution is -2.03. The van der Waals surface area contributed by atoms with Gasteiger partial charge in [0.05, 0.1) is 0 Å². The van der Waals surface area contributed by atoms with Gasteiger partial charge >= 0.3 is 5.97 Å². The second-order valence-corrected chi connectivity index (χ2v) is 8.57. The Morgan fingerprint density at radius 3 is 2.23 bits per heavy atom. The number of para-hydroxylation sites is 1. The van der Waals surface area contributed by atoms with Crippen molar-refractivity contribution in [2.45, 2.75) is 97.4 Å². The molecule has 0 amide bonds. The van der Waals surface area contributed by atoms with Crippen molar-refractivity contribution in [1.29, 1.82) is 0 Å². The first kappa shape index (κ1) is 24.2. The average molecular weight is 414 g/mol. The lowest BCUT2D eigenvalue weighted by Gasteiger charge is -2.16. The number of aromatic nitrogens is 1. The number of fused-ring (bicyclic) bond motifs is 1. The van der Waals surface area contributed by atoms with Gasteiger partial charge in [0.1, 0.15) is 0 Å². The molecular formula is C26H39NO3. The zero-order chi connectivity index (χ0) is 21.8. The number of ketones is 1. The van der Waals surface area contributed by atoms with E-state index in [4.69, 9.17) is 5.11 Å². The summed E-state index contributed by atoms with van der Waals surface area (Å²) in [5.41, 5.74) is 1.81. The lowest BCUT2D eigenvalue weighted by atomic mass is 9.90. The molecule has 4 nitrogen and oxygen atoms in total. The third kappa shape index (κ3) is 7.62. The molecule has 1 N–H and O–H groups in total. The highest BCUT2D eigenvalue weighted by molar-refractivity contribution is 6.08. The molecule has 0 fully saturated rings. The minimum Gasteiger partial charge on any atom is -0.481 e. The van der Waals surface area contributed by atoms with Crippen molar-refractivity contribution in [1.82, 2.24) is 4.57 Å². The topological polar surface area (TPSA) is 59.3 Å². The maximum atomic E-state index is 12.9. The van der Waals surface area contributed by atoms with Gasteiger partial charge in [-0.05, 0) is 24.8 Å². The molecule has 1 heterocycles. The predicted molar refractivity (Wildman–Crippen MR) is 124 cm³/mol. The Hall–Kier alpha value is -2.10. The van der Waals surface area contributed by atoms with Crippen molar-refractivity contribution >= 4 is 22.7 Å². The lowest BCUT2D eigenvalue weighted by molar-refractivity contribution is -0.137. The maximum Gasteiger partial charge on any atom is 0.303 e. The highest BCUT2D eigenvalue weighted by atomic mass is 16.4. The molecule has 4 heteroatoms. The van der Waals surface area contributed by atoms with Crippen LogP contribution in [0.25, 0.3) is 10.9 Å². The number of Topliss-reactive ketones (excluding diaryl/α,β-unsaturated/α-hetero) is 1. The summed E-state index contributed by atoms with van der Waals surface area (Å²) in [4.78, 5) is 23.7.